The van der Waals surface area contributed by atoms with E-state index in [9.17, 15) is 44.3 Å². The van der Waals surface area contributed by atoms with Crippen LogP contribution in [-0.4, -0.2) is 71.7 Å². The number of para-hydroxylation sites is 2. The molecule has 0 unspecified atom stereocenters. The molecule has 0 fully saturated rings. The molecule has 24 heteroatoms. The first kappa shape index (κ1) is 42.0. The minimum atomic E-state index is -4.92. The maximum atomic E-state index is 12.6. The molecule has 6 aromatic rings. The molecule has 0 saturated heterocycles. The van der Waals surface area contributed by atoms with E-state index in [1.54, 1.807) is 31.2 Å². The molecular weight excluding hydrogens is 835 g/mol. The van der Waals surface area contributed by atoms with E-state index in [0.717, 1.165) is 18.2 Å². The lowest BCUT2D eigenvalue weighted by molar-refractivity contribution is 0.100. The van der Waals surface area contributed by atoms with Crippen molar-refractivity contribution in [1.82, 2.24) is 9.38 Å². The van der Waals surface area contributed by atoms with E-state index in [0.29, 0.717) is 16.6 Å². The van der Waals surface area contributed by atoms with E-state index in [1.165, 1.54) is 47.7 Å². The van der Waals surface area contributed by atoms with Crippen LogP contribution in [-0.2, 0) is 30.4 Å². The lowest BCUT2D eigenvalue weighted by atomic mass is 10.1. The Balaban J connectivity index is 1.37. The van der Waals surface area contributed by atoms with Gasteiger partial charge in [-0.05, 0) is 92.1 Å². The van der Waals surface area contributed by atoms with Crippen molar-refractivity contribution in [2.24, 2.45) is 36.4 Å². The molecule has 0 atom stereocenters. The van der Waals surface area contributed by atoms with Crippen molar-refractivity contribution in [2.75, 3.05) is 12.4 Å². The number of amides is 1. The number of aromatic nitrogens is 2. The number of nitrogens with two attached hydrogens (primary N) is 1. The van der Waals surface area contributed by atoms with Crippen LogP contribution in [0.5, 0.6) is 11.6 Å². The van der Waals surface area contributed by atoms with E-state index < -0.39 is 52.8 Å². The van der Waals surface area contributed by atoms with E-state index in [4.69, 9.17) is 15.0 Å². The normalized spacial score (nSPS) is 12.8. The first-order valence-electron chi connectivity index (χ1n) is 16.8. The number of pyridine rings is 1. The molecule has 2 aromatic heterocycles. The molecule has 306 valence electrons. The molecule has 0 aliphatic heterocycles. The predicted octanol–water partition coefficient (Wildman–Crippen LogP) is 7.31. The quantitative estimate of drug-likeness (QED) is 0.0408. The minimum Gasteiger partial charge on any atom is -0.493 e. The van der Waals surface area contributed by atoms with Gasteiger partial charge in [-0.1, -0.05) is 12.1 Å². The zero-order valence-electron chi connectivity index (χ0n) is 30.6. The molecule has 0 bridgehead atoms. The van der Waals surface area contributed by atoms with Gasteiger partial charge in [0.15, 0.2) is 5.65 Å². The van der Waals surface area contributed by atoms with Crippen LogP contribution in [0.1, 0.15) is 27.9 Å². The van der Waals surface area contributed by atoms with E-state index >= 15 is 0 Å². The van der Waals surface area contributed by atoms with Crippen LogP contribution in [0.2, 0.25) is 0 Å². The second-order valence-corrected chi connectivity index (χ2v) is 17.0. The van der Waals surface area contributed by atoms with Crippen molar-refractivity contribution in [3.8, 4) is 11.6 Å². The van der Waals surface area contributed by atoms with Crippen LogP contribution in [0.15, 0.2) is 119 Å². The first-order valence-corrected chi connectivity index (χ1v) is 21.3. The third-order valence-corrected chi connectivity index (χ3v) is 11.0. The van der Waals surface area contributed by atoms with Crippen molar-refractivity contribution >= 4 is 87.1 Å². The number of carbonyl (C=O) groups is 1. The molecule has 59 heavy (non-hydrogen) atoms. The second kappa shape index (κ2) is 16.4. The van der Waals surface area contributed by atoms with E-state index in [1.807, 2.05) is 0 Å². The van der Waals surface area contributed by atoms with Crippen LogP contribution in [0.3, 0.4) is 0 Å². The third-order valence-electron chi connectivity index (χ3n) is 8.43. The predicted molar refractivity (Wildman–Crippen MR) is 210 cm³/mol. The average Bonchev–Trinajstić information content (AvgIpc) is 3.54. The van der Waals surface area contributed by atoms with E-state index in [2.05, 4.69) is 35.7 Å². The summed E-state index contributed by atoms with van der Waals surface area (Å²) in [7, 11) is -13.7. The fourth-order valence-corrected chi connectivity index (χ4v) is 7.24. The highest BCUT2D eigenvalue weighted by atomic mass is 32.2. The number of ether oxygens (including phenoxy) is 1. The van der Waals surface area contributed by atoms with E-state index in [-0.39, 0.29) is 74.6 Å². The van der Waals surface area contributed by atoms with Crippen molar-refractivity contribution in [2.45, 2.75) is 30.1 Å². The number of azo groups is 3. The van der Waals surface area contributed by atoms with Gasteiger partial charge >= 0.3 is 0 Å². The Morgan fingerprint density at radius 2 is 1.41 bits per heavy atom. The number of benzene rings is 4. The summed E-state index contributed by atoms with van der Waals surface area (Å²) in [5.41, 5.74) is 7.04. The molecule has 6 rings (SSSR count). The standard InChI is InChI=1S/C35H31N9O12S3/c1-19-16-27(42-43-32-20(2)31(33(36)45)34-37-24-6-3-4-7-28(24)44(34)35(32)46)29(56-14-5-15-57(47,48)49)18-26(19)41-40-25-13-10-22(17-30(25)59(53,54)55)39-38-21-8-11-23(12-9-21)58(50,51)52/h3-4,6-13,16-18,46H,5,14-15H2,1-2H3,(H2,36,45)(H,47,48,49)(H,50,51,52)(H,53,54,55)/b39-38-,41-40-,43-42-. The molecule has 1 amide bonds. The molecule has 0 saturated carbocycles. The monoisotopic (exact) mass is 865 g/mol. The molecule has 4 aromatic carbocycles. The van der Waals surface area contributed by atoms with Gasteiger partial charge in [-0.3, -0.25) is 22.9 Å². The smallest absolute Gasteiger partial charge is 0.296 e. The Kier molecular flexibility index (Phi) is 11.7. The van der Waals surface area contributed by atoms with Gasteiger partial charge in [0.2, 0.25) is 5.88 Å². The Bertz CT molecular complexity index is 3100. The van der Waals surface area contributed by atoms with Gasteiger partial charge < -0.3 is 15.6 Å². The molecule has 6 N–H and O–H groups in total. The highest BCUT2D eigenvalue weighted by molar-refractivity contribution is 7.86. The molecule has 0 spiro atoms. The molecule has 2 heterocycles. The van der Waals surface area contributed by atoms with Gasteiger partial charge in [-0.15, -0.1) is 15.3 Å². The number of nitrogens with zero attached hydrogens (tertiary/aromatic N) is 8. The van der Waals surface area contributed by atoms with Gasteiger partial charge in [0.1, 0.15) is 27.7 Å². The lowest BCUT2D eigenvalue weighted by Gasteiger charge is -2.12. The Labute approximate surface area is 334 Å². The third kappa shape index (κ3) is 9.60. The summed E-state index contributed by atoms with van der Waals surface area (Å²) < 4.78 is 105. The maximum Gasteiger partial charge on any atom is 0.296 e. The van der Waals surface area contributed by atoms with Crippen molar-refractivity contribution in [3.05, 3.63) is 95.6 Å². The van der Waals surface area contributed by atoms with Crippen LogP contribution >= 0.6 is 0 Å². The zero-order valence-corrected chi connectivity index (χ0v) is 33.0. The summed E-state index contributed by atoms with van der Waals surface area (Å²) in [6, 6.07) is 17.7. The summed E-state index contributed by atoms with van der Waals surface area (Å²) in [5.74, 6) is -1.91. The number of rotatable bonds is 14. The fourth-order valence-electron chi connectivity index (χ4n) is 5.64. The highest BCUT2D eigenvalue weighted by Crippen LogP contribution is 2.41. The topological polar surface area (TPSA) is 327 Å². The second-order valence-electron chi connectivity index (χ2n) is 12.6. The molecule has 0 aliphatic rings. The van der Waals surface area contributed by atoms with Crippen LogP contribution in [0, 0.1) is 13.8 Å². The first-order chi connectivity index (χ1) is 27.7. The number of hydrogen-bond donors (Lipinski definition) is 5. The summed E-state index contributed by atoms with van der Waals surface area (Å²) >= 11 is 0. The number of hydrogen-bond acceptors (Lipinski definition) is 16. The van der Waals surface area contributed by atoms with Gasteiger partial charge in [0.25, 0.3) is 36.3 Å². The van der Waals surface area contributed by atoms with Gasteiger partial charge in [0.05, 0.1) is 50.9 Å². The highest BCUT2D eigenvalue weighted by Gasteiger charge is 2.24. The van der Waals surface area contributed by atoms with Crippen molar-refractivity contribution in [3.63, 3.8) is 0 Å². The molecule has 21 nitrogen and oxygen atoms in total. The van der Waals surface area contributed by atoms with Gasteiger partial charge in [-0.2, -0.15) is 40.6 Å². The fraction of sp³-hybridized carbons (Fsp3) is 0.143. The molecule has 0 aliphatic carbocycles. The molecular formula is C35H31N9O12S3. The molecule has 0 radical (unpaired) electrons. The SMILES string of the molecule is Cc1cc(/N=N\c2c(C)c(C(N)=O)c3nc4ccccc4n3c2O)c(OCCCS(=O)(=O)O)cc1/N=N\c1ccc(/N=N\c2ccc(S(=O)(=O)O)cc2)cc1S(=O)(=O)O. The Hall–Kier alpha value is -6.57. The Morgan fingerprint density at radius 3 is 2.07 bits per heavy atom. The van der Waals surface area contributed by atoms with Crippen LogP contribution < -0.4 is 10.5 Å². The van der Waals surface area contributed by atoms with Crippen molar-refractivity contribution in [1.29, 1.82) is 0 Å². The van der Waals surface area contributed by atoms with Gasteiger partial charge in [0, 0.05) is 6.07 Å². The number of primary amides is 1. The summed E-state index contributed by atoms with van der Waals surface area (Å²) in [5, 5.41) is 35.9. The van der Waals surface area contributed by atoms with Crippen molar-refractivity contribution < 1.29 is 53.5 Å². The summed E-state index contributed by atoms with van der Waals surface area (Å²) in [6.07, 6.45) is -0.149. The number of aryl methyl sites for hydroxylation is 1. The van der Waals surface area contributed by atoms with Crippen LogP contribution in [0.4, 0.5) is 34.1 Å². The summed E-state index contributed by atoms with van der Waals surface area (Å²) in [6.45, 7) is 2.83. The zero-order chi connectivity index (χ0) is 42.9. The van der Waals surface area contributed by atoms with Gasteiger partial charge in [-0.25, -0.2) is 4.98 Å². The Morgan fingerprint density at radius 1 is 0.763 bits per heavy atom. The number of carbonyl (C=O) groups excluding carboxylic acids is 1. The minimum absolute atomic E-state index is 0.0185. The lowest BCUT2D eigenvalue weighted by Crippen LogP contribution is -2.15. The number of aromatic hydroxyl groups is 1. The number of fused-ring (bicyclic) bond motifs is 3. The largest absolute Gasteiger partial charge is 0.493 e. The summed E-state index contributed by atoms with van der Waals surface area (Å²) in [4.78, 5) is 16.0. The number of imidazole rings is 1. The average molecular weight is 866 g/mol. The van der Waals surface area contributed by atoms with Crippen LogP contribution in [0.25, 0.3) is 16.7 Å². The maximum absolute atomic E-state index is 12.6.